The van der Waals surface area contributed by atoms with Crippen molar-refractivity contribution in [1.82, 2.24) is 0 Å². The van der Waals surface area contributed by atoms with E-state index in [0.29, 0.717) is 0 Å². The number of hydrogen-bond acceptors (Lipinski definition) is 2. The number of nitrogens with zero attached hydrogens (tertiary/aromatic N) is 1. The van der Waals surface area contributed by atoms with Gasteiger partial charge >= 0.3 is 0 Å². The normalized spacial score (nSPS) is 11.5. The van der Waals surface area contributed by atoms with Crippen LogP contribution < -0.4 is 4.90 Å². The number of furan rings is 1. The topological polar surface area (TPSA) is 16.4 Å². The van der Waals surface area contributed by atoms with Gasteiger partial charge < -0.3 is 9.32 Å². The van der Waals surface area contributed by atoms with Crippen molar-refractivity contribution in [3.8, 4) is 22.3 Å². The fourth-order valence-electron chi connectivity index (χ4n) is 6.78. The van der Waals surface area contributed by atoms with Gasteiger partial charge in [-0.25, -0.2) is 0 Å². The van der Waals surface area contributed by atoms with E-state index in [9.17, 15) is 0 Å². The molecule has 0 saturated carbocycles. The van der Waals surface area contributed by atoms with Gasteiger partial charge in [0.25, 0.3) is 0 Å². The van der Waals surface area contributed by atoms with Crippen molar-refractivity contribution in [2.24, 2.45) is 0 Å². The number of benzene rings is 8. The Morgan fingerprint density at radius 2 is 1.00 bits per heavy atom. The van der Waals surface area contributed by atoms with E-state index in [2.05, 4.69) is 175 Å². The van der Waals surface area contributed by atoms with Crippen LogP contribution in [0.3, 0.4) is 0 Å². The van der Waals surface area contributed by atoms with E-state index in [-0.39, 0.29) is 0 Å². The monoisotopic (exact) mass is 587 g/mol. The molecule has 0 N–H and O–H groups in total. The molecule has 0 atom stereocenters. The van der Waals surface area contributed by atoms with Crippen molar-refractivity contribution in [2.75, 3.05) is 4.90 Å². The summed E-state index contributed by atoms with van der Waals surface area (Å²) in [6.45, 7) is 0. The molecule has 0 spiro atoms. The van der Waals surface area contributed by atoms with E-state index in [4.69, 9.17) is 4.42 Å². The van der Waals surface area contributed by atoms with Gasteiger partial charge in [0.05, 0.1) is 5.69 Å². The molecule has 9 aromatic rings. The molecule has 0 unspecified atom stereocenters. The zero-order valence-corrected chi connectivity index (χ0v) is 25.1. The van der Waals surface area contributed by atoms with Crippen molar-refractivity contribution in [2.45, 2.75) is 0 Å². The summed E-state index contributed by atoms with van der Waals surface area (Å²) in [5.41, 5.74) is 9.63. The average molecular weight is 588 g/mol. The number of rotatable bonds is 5. The lowest BCUT2D eigenvalue weighted by atomic mass is 9.99. The van der Waals surface area contributed by atoms with Gasteiger partial charge in [0, 0.05) is 22.1 Å². The first-order valence-corrected chi connectivity index (χ1v) is 15.7. The van der Waals surface area contributed by atoms with Crippen LogP contribution in [0.25, 0.3) is 65.7 Å². The van der Waals surface area contributed by atoms with Gasteiger partial charge in [-0.2, -0.15) is 0 Å². The molecule has 46 heavy (non-hydrogen) atoms. The molecule has 0 aliphatic heterocycles. The second kappa shape index (κ2) is 10.8. The highest BCUT2D eigenvalue weighted by Gasteiger charge is 2.22. The van der Waals surface area contributed by atoms with Crippen LogP contribution in [-0.2, 0) is 0 Å². The fourth-order valence-corrected chi connectivity index (χ4v) is 6.78. The van der Waals surface area contributed by atoms with Crippen molar-refractivity contribution in [3.05, 3.63) is 176 Å². The summed E-state index contributed by atoms with van der Waals surface area (Å²) in [5, 5.41) is 7.10. The molecule has 8 aromatic carbocycles. The quantitative estimate of drug-likeness (QED) is 0.199. The van der Waals surface area contributed by atoms with Crippen LogP contribution in [0.2, 0.25) is 0 Å². The Hall–Kier alpha value is -6.12. The minimum atomic E-state index is 0.878. The van der Waals surface area contributed by atoms with Crippen molar-refractivity contribution < 1.29 is 4.42 Å². The van der Waals surface area contributed by atoms with Crippen LogP contribution in [0.15, 0.2) is 180 Å². The Bertz CT molecular complexity index is 2530. The Morgan fingerprint density at radius 3 is 1.85 bits per heavy atom. The van der Waals surface area contributed by atoms with Gasteiger partial charge in [0.15, 0.2) is 5.58 Å². The molecular weight excluding hydrogens is 558 g/mol. The first kappa shape index (κ1) is 26.3. The Morgan fingerprint density at radius 1 is 0.370 bits per heavy atom. The maximum atomic E-state index is 6.73. The lowest BCUT2D eigenvalue weighted by molar-refractivity contribution is 0.669. The van der Waals surface area contributed by atoms with Crippen molar-refractivity contribution >= 4 is 60.5 Å². The molecule has 0 radical (unpaired) electrons. The van der Waals surface area contributed by atoms with Gasteiger partial charge in [-0.05, 0) is 86.3 Å². The van der Waals surface area contributed by atoms with Gasteiger partial charge in [-0.1, -0.05) is 133 Å². The maximum absolute atomic E-state index is 6.73. The van der Waals surface area contributed by atoms with Crippen molar-refractivity contribution in [1.29, 1.82) is 0 Å². The number of fused-ring (bicyclic) bond motifs is 6. The molecule has 0 aliphatic carbocycles. The minimum Gasteiger partial charge on any atom is -0.454 e. The molecule has 0 aliphatic rings. The van der Waals surface area contributed by atoms with Gasteiger partial charge in [-0.15, -0.1) is 0 Å². The first-order chi connectivity index (χ1) is 22.8. The summed E-state index contributed by atoms with van der Waals surface area (Å²) < 4.78 is 6.73. The highest BCUT2D eigenvalue weighted by molar-refractivity contribution is 6.23. The van der Waals surface area contributed by atoms with E-state index in [1.54, 1.807) is 0 Å². The highest BCUT2D eigenvalue weighted by atomic mass is 16.3. The van der Waals surface area contributed by atoms with E-state index in [1.807, 2.05) is 6.07 Å². The molecule has 0 fully saturated rings. The Kier molecular flexibility index (Phi) is 6.17. The third-order valence-electron chi connectivity index (χ3n) is 9.01. The van der Waals surface area contributed by atoms with Gasteiger partial charge in [0.2, 0.25) is 0 Å². The minimum absolute atomic E-state index is 0.878. The smallest absolute Gasteiger partial charge is 0.160 e. The summed E-state index contributed by atoms with van der Waals surface area (Å²) in [6, 6.07) is 62.7. The largest absolute Gasteiger partial charge is 0.454 e. The molecule has 216 valence electrons. The van der Waals surface area contributed by atoms with Crippen LogP contribution in [0.4, 0.5) is 17.1 Å². The van der Waals surface area contributed by atoms with Crippen LogP contribution >= 0.6 is 0 Å². The van der Waals surface area contributed by atoms with Gasteiger partial charge in [0.1, 0.15) is 5.58 Å². The van der Waals surface area contributed by atoms with Crippen molar-refractivity contribution in [3.63, 3.8) is 0 Å². The SMILES string of the molecule is c1ccc(-c2ccc(N(c3cccc(-c4ccc5ccccc5c4)c3)c3cc4ccccc4c4c3oc3ccccc34)cc2)cc1. The molecule has 1 heterocycles. The second-order valence-electron chi connectivity index (χ2n) is 11.8. The zero-order valence-electron chi connectivity index (χ0n) is 25.1. The third kappa shape index (κ3) is 4.43. The summed E-state index contributed by atoms with van der Waals surface area (Å²) >= 11 is 0. The fraction of sp³-hybridized carbons (Fsp3) is 0. The van der Waals surface area contributed by atoms with E-state index in [0.717, 1.165) is 44.6 Å². The van der Waals surface area contributed by atoms with Crippen LogP contribution in [0, 0.1) is 0 Å². The number of anilines is 3. The molecule has 0 amide bonds. The third-order valence-corrected chi connectivity index (χ3v) is 9.01. The predicted molar refractivity (Wildman–Crippen MR) is 194 cm³/mol. The summed E-state index contributed by atoms with van der Waals surface area (Å²) in [6.07, 6.45) is 0. The lowest BCUT2D eigenvalue weighted by Crippen LogP contribution is -2.10. The molecule has 1 aromatic heterocycles. The molecule has 0 bridgehead atoms. The van der Waals surface area contributed by atoms with E-state index in [1.165, 1.54) is 38.2 Å². The summed E-state index contributed by atoms with van der Waals surface area (Å²) in [4.78, 5) is 2.34. The van der Waals surface area contributed by atoms with Crippen LogP contribution in [0.5, 0.6) is 0 Å². The number of para-hydroxylation sites is 1. The van der Waals surface area contributed by atoms with Crippen LogP contribution in [-0.4, -0.2) is 0 Å². The Labute approximate surface area is 267 Å². The number of hydrogen-bond donors (Lipinski definition) is 0. The average Bonchev–Trinajstić information content (AvgIpc) is 3.53. The molecule has 2 heteroatoms. The summed E-state index contributed by atoms with van der Waals surface area (Å²) in [5.74, 6) is 0. The van der Waals surface area contributed by atoms with E-state index < -0.39 is 0 Å². The van der Waals surface area contributed by atoms with Crippen LogP contribution in [0.1, 0.15) is 0 Å². The molecule has 9 rings (SSSR count). The Balaban J connectivity index is 1.29. The zero-order chi connectivity index (χ0) is 30.5. The standard InChI is InChI=1S/C44H29NO/c1-2-11-30(12-3-1)32-23-25-37(26-24-32)45(38-17-10-16-34(28-38)35-22-21-31-13-4-5-14-33(31)27-35)41-29-36-15-6-7-18-39(36)43-40-19-8-9-20-42(40)46-44(41)43/h1-29H. The first-order valence-electron chi connectivity index (χ1n) is 15.7. The predicted octanol–water partition coefficient (Wildman–Crippen LogP) is 12.7. The second-order valence-corrected chi connectivity index (χ2v) is 11.8. The van der Waals surface area contributed by atoms with E-state index >= 15 is 0 Å². The molecule has 2 nitrogen and oxygen atoms in total. The molecule has 0 saturated heterocycles. The highest BCUT2D eigenvalue weighted by Crippen LogP contribution is 2.46. The maximum Gasteiger partial charge on any atom is 0.160 e. The lowest BCUT2D eigenvalue weighted by Gasteiger charge is -2.27. The summed E-state index contributed by atoms with van der Waals surface area (Å²) in [7, 11) is 0. The molecular formula is C44H29NO. The van der Waals surface area contributed by atoms with Gasteiger partial charge in [-0.3, -0.25) is 0 Å².